The number of benzene rings is 1. The van der Waals surface area contributed by atoms with E-state index in [9.17, 15) is 18.8 Å². The molecule has 32 heavy (non-hydrogen) atoms. The number of likely N-dealkylation sites (tertiary alicyclic amines) is 1. The second-order valence-electron chi connectivity index (χ2n) is 8.27. The number of hydrogen-bond donors (Lipinski definition) is 2. The second-order valence-corrected chi connectivity index (χ2v) is 8.27. The number of nitrogens with one attached hydrogen (secondary N) is 2. The molecular weight excluding hydrogens is 413 g/mol. The Hall–Kier alpha value is -3.36. The Balaban J connectivity index is 1.33. The van der Waals surface area contributed by atoms with Crippen LogP contribution in [0.2, 0.25) is 0 Å². The minimum absolute atomic E-state index is 0.0483. The van der Waals surface area contributed by atoms with E-state index in [0.29, 0.717) is 31.5 Å². The molecule has 1 aliphatic heterocycles. The highest BCUT2D eigenvalue weighted by molar-refractivity contribution is 6.01. The number of nitrogens with zero attached hydrogens (tertiary/aromatic N) is 3. The Bertz CT molecular complexity index is 1000. The molecule has 1 aliphatic carbocycles. The van der Waals surface area contributed by atoms with Gasteiger partial charge in [0.15, 0.2) is 11.5 Å². The number of rotatable bonds is 5. The van der Waals surface area contributed by atoms with Crippen LogP contribution in [-0.4, -0.2) is 51.7 Å². The summed E-state index contributed by atoms with van der Waals surface area (Å²) >= 11 is 0. The average Bonchev–Trinajstić information content (AvgIpc) is 3.35. The van der Waals surface area contributed by atoms with Crippen LogP contribution in [0, 0.1) is 11.7 Å². The van der Waals surface area contributed by atoms with Crippen molar-refractivity contribution in [3.8, 4) is 0 Å². The van der Waals surface area contributed by atoms with Crippen molar-refractivity contribution in [2.75, 3.05) is 18.4 Å². The third-order valence-corrected chi connectivity index (χ3v) is 6.07. The first-order chi connectivity index (χ1) is 15.5. The molecule has 2 aliphatic rings. The third kappa shape index (κ3) is 5.09. The van der Waals surface area contributed by atoms with Gasteiger partial charge in [0.25, 0.3) is 11.8 Å². The van der Waals surface area contributed by atoms with Gasteiger partial charge < -0.3 is 15.5 Å². The van der Waals surface area contributed by atoms with E-state index in [1.807, 2.05) is 0 Å². The predicted molar refractivity (Wildman–Crippen MR) is 115 cm³/mol. The van der Waals surface area contributed by atoms with Crippen molar-refractivity contribution in [1.82, 2.24) is 20.2 Å². The topological polar surface area (TPSA) is 104 Å². The van der Waals surface area contributed by atoms with Crippen molar-refractivity contribution in [1.29, 1.82) is 0 Å². The van der Waals surface area contributed by atoms with Gasteiger partial charge >= 0.3 is 0 Å². The second kappa shape index (κ2) is 9.84. The van der Waals surface area contributed by atoms with Gasteiger partial charge in [0.1, 0.15) is 5.82 Å². The van der Waals surface area contributed by atoms with E-state index in [2.05, 4.69) is 20.6 Å². The lowest BCUT2D eigenvalue weighted by Gasteiger charge is -2.32. The summed E-state index contributed by atoms with van der Waals surface area (Å²) in [5.74, 6) is -1.08. The Kier molecular flexibility index (Phi) is 6.72. The molecule has 0 spiro atoms. The molecule has 1 saturated heterocycles. The van der Waals surface area contributed by atoms with E-state index >= 15 is 0 Å². The van der Waals surface area contributed by atoms with Crippen LogP contribution in [0.15, 0.2) is 36.7 Å². The Morgan fingerprint density at radius 3 is 2.44 bits per heavy atom. The van der Waals surface area contributed by atoms with E-state index in [4.69, 9.17) is 0 Å². The van der Waals surface area contributed by atoms with Crippen LogP contribution in [0.25, 0.3) is 0 Å². The van der Waals surface area contributed by atoms with Crippen molar-refractivity contribution >= 4 is 23.5 Å². The van der Waals surface area contributed by atoms with Gasteiger partial charge in [-0.25, -0.2) is 14.4 Å². The minimum Gasteiger partial charge on any atom is -0.348 e. The summed E-state index contributed by atoms with van der Waals surface area (Å²) in [4.78, 5) is 47.8. The van der Waals surface area contributed by atoms with Crippen LogP contribution in [-0.2, 0) is 4.79 Å². The van der Waals surface area contributed by atoms with Gasteiger partial charge in [-0.05, 0) is 43.9 Å². The fraction of sp³-hybridized carbons (Fsp3) is 0.435. The summed E-state index contributed by atoms with van der Waals surface area (Å²) in [6.45, 7) is 0.901. The predicted octanol–water partition coefficient (Wildman–Crippen LogP) is 2.78. The summed E-state index contributed by atoms with van der Waals surface area (Å²) in [7, 11) is 0. The summed E-state index contributed by atoms with van der Waals surface area (Å²) in [5, 5.41) is 5.69. The molecule has 168 valence electrons. The number of carbonyl (C=O) groups is 3. The van der Waals surface area contributed by atoms with E-state index in [0.717, 1.165) is 25.7 Å². The lowest BCUT2D eigenvalue weighted by Crippen LogP contribution is -2.46. The molecule has 1 saturated carbocycles. The Labute approximate surface area is 185 Å². The molecule has 4 rings (SSSR count). The zero-order chi connectivity index (χ0) is 22.5. The summed E-state index contributed by atoms with van der Waals surface area (Å²) in [6, 6.07) is 5.49. The number of halogens is 1. The molecule has 2 fully saturated rings. The number of carbonyl (C=O) groups excluding carboxylic acids is 3. The quantitative estimate of drug-likeness (QED) is 0.746. The molecule has 2 aromatic rings. The van der Waals surface area contributed by atoms with Crippen molar-refractivity contribution in [3.63, 3.8) is 0 Å². The molecule has 0 bridgehead atoms. The van der Waals surface area contributed by atoms with E-state index in [1.54, 1.807) is 11.0 Å². The summed E-state index contributed by atoms with van der Waals surface area (Å²) in [5.41, 5.74) is 0.395. The number of aromatic nitrogens is 2. The van der Waals surface area contributed by atoms with Gasteiger partial charge in [0.2, 0.25) is 5.91 Å². The molecule has 0 radical (unpaired) electrons. The third-order valence-electron chi connectivity index (χ3n) is 6.07. The van der Waals surface area contributed by atoms with Gasteiger partial charge in [-0.3, -0.25) is 14.4 Å². The Morgan fingerprint density at radius 2 is 1.72 bits per heavy atom. The molecule has 0 unspecified atom stereocenters. The first-order valence-electron chi connectivity index (χ1n) is 11.0. The van der Waals surface area contributed by atoms with Crippen molar-refractivity contribution < 1.29 is 18.8 Å². The highest BCUT2D eigenvalue weighted by Gasteiger charge is 2.28. The van der Waals surface area contributed by atoms with Gasteiger partial charge in [-0.15, -0.1) is 0 Å². The van der Waals surface area contributed by atoms with E-state index in [1.165, 1.54) is 30.6 Å². The standard InChI is InChI=1S/C23H26FN5O3/c24-17-7-3-6-16(14-17)23(32)29-12-8-18(9-13-29)27-22(31)19-20(26-11-10-25-19)28-21(30)15-4-1-2-5-15/h3,6-7,10-11,14-15,18H,1-2,4-5,8-9,12-13H2,(H,27,31)(H,26,28,30). The molecule has 3 amide bonds. The van der Waals surface area contributed by atoms with Gasteiger partial charge in [0.05, 0.1) is 0 Å². The van der Waals surface area contributed by atoms with Crippen LogP contribution in [0.3, 0.4) is 0 Å². The number of hydrogen-bond acceptors (Lipinski definition) is 5. The first-order valence-corrected chi connectivity index (χ1v) is 11.0. The summed E-state index contributed by atoms with van der Waals surface area (Å²) in [6.07, 6.45) is 7.76. The molecule has 1 aromatic heterocycles. The molecule has 0 atom stereocenters. The number of piperidine rings is 1. The monoisotopic (exact) mass is 439 g/mol. The lowest BCUT2D eigenvalue weighted by molar-refractivity contribution is -0.119. The molecule has 2 heterocycles. The molecular formula is C23H26FN5O3. The van der Waals surface area contributed by atoms with Crippen LogP contribution >= 0.6 is 0 Å². The SMILES string of the molecule is O=C(NC1CCN(C(=O)c2cccc(F)c2)CC1)c1nccnc1NC(=O)C1CCCC1. The summed E-state index contributed by atoms with van der Waals surface area (Å²) < 4.78 is 13.4. The van der Waals surface area contributed by atoms with Crippen LogP contribution in [0.4, 0.5) is 10.2 Å². The van der Waals surface area contributed by atoms with Crippen molar-refractivity contribution in [3.05, 3.63) is 53.7 Å². The fourth-order valence-corrected chi connectivity index (χ4v) is 4.29. The maximum absolute atomic E-state index is 13.4. The average molecular weight is 439 g/mol. The van der Waals surface area contributed by atoms with Crippen LogP contribution in [0.5, 0.6) is 0 Å². The maximum Gasteiger partial charge on any atom is 0.273 e. The van der Waals surface area contributed by atoms with E-state index < -0.39 is 11.7 Å². The van der Waals surface area contributed by atoms with Gasteiger partial charge in [-0.1, -0.05) is 18.9 Å². The van der Waals surface area contributed by atoms with E-state index in [-0.39, 0.29) is 35.3 Å². The zero-order valence-electron chi connectivity index (χ0n) is 17.7. The van der Waals surface area contributed by atoms with Gasteiger partial charge in [-0.2, -0.15) is 0 Å². The number of anilines is 1. The smallest absolute Gasteiger partial charge is 0.273 e. The highest BCUT2D eigenvalue weighted by Crippen LogP contribution is 2.26. The van der Waals surface area contributed by atoms with Crippen molar-refractivity contribution in [2.45, 2.75) is 44.6 Å². The highest BCUT2D eigenvalue weighted by atomic mass is 19.1. The normalized spacial score (nSPS) is 17.2. The largest absolute Gasteiger partial charge is 0.348 e. The lowest BCUT2D eigenvalue weighted by atomic mass is 10.0. The fourth-order valence-electron chi connectivity index (χ4n) is 4.29. The van der Waals surface area contributed by atoms with Gasteiger partial charge in [0, 0.05) is 43.0 Å². The van der Waals surface area contributed by atoms with Crippen LogP contribution < -0.4 is 10.6 Å². The molecule has 2 N–H and O–H groups in total. The maximum atomic E-state index is 13.4. The molecule has 9 heteroatoms. The molecule has 8 nitrogen and oxygen atoms in total. The number of amides is 3. The first kappa shape index (κ1) is 21.9. The van der Waals surface area contributed by atoms with Crippen molar-refractivity contribution in [2.24, 2.45) is 5.92 Å². The van der Waals surface area contributed by atoms with Crippen LogP contribution in [0.1, 0.15) is 59.4 Å². The minimum atomic E-state index is -0.446. The zero-order valence-corrected chi connectivity index (χ0v) is 17.7. The molecule has 1 aromatic carbocycles. The Morgan fingerprint density at radius 1 is 1.00 bits per heavy atom.